The normalized spacial score (nSPS) is 13.1. The first-order valence-electron chi connectivity index (χ1n) is 13.1. The molecule has 0 radical (unpaired) electrons. The third-order valence-electron chi connectivity index (χ3n) is 6.86. The van der Waals surface area contributed by atoms with Gasteiger partial charge in [-0.2, -0.15) is 18.2 Å². The van der Waals surface area contributed by atoms with Gasteiger partial charge in [-0.15, -0.1) is 0 Å². The number of rotatable bonds is 7. The number of hydrogen-bond donors (Lipinski definition) is 3. The second kappa shape index (κ2) is 11.5. The number of anilines is 5. The molecule has 0 fully saturated rings. The molecule has 3 amide bonds. The molecular weight excluding hydrogens is 547 g/mol. The quantitative estimate of drug-likeness (QED) is 0.254. The van der Waals surface area contributed by atoms with Gasteiger partial charge in [-0.25, -0.2) is 9.78 Å². The van der Waals surface area contributed by atoms with E-state index in [1.807, 2.05) is 31.2 Å². The van der Waals surface area contributed by atoms with Crippen LogP contribution in [0.3, 0.4) is 0 Å². The lowest BCUT2D eigenvalue weighted by Gasteiger charge is -2.35. The summed E-state index contributed by atoms with van der Waals surface area (Å²) in [7, 11) is 1.61. The molecule has 9 nitrogen and oxygen atoms in total. The summed E-state index contributed by atoms with van der Waals surface area (Å²) < 4.78 is 39.3. The molecule has 0 aliphatic carbocycles. The van der Waals surface area contributed by atoms with Crippen molar-refractivity contribution in [3.63, 3.8) is 0 Å². The van der Waals surface area contributed by atoms with E-state index in [2.05, 4.69) is 20.6 Å². The van der Waals surface area contributed by atoms with Crippen molar-refractivity contribution >= 4 is 40.8 Å². The smallest absolute Gasteiger partial charge is 0.330 e. The van der Waals surface area contributed by atoms with E-state index < -0.39 is 17.6 Å². The highest BCUT2D eigenvalue weighted by Gasteiger charge is 2.32. The lowest BCUT2D eigenvalue weighted by Crippen LogP contribution is -2.46. The highest BCUT2D eigenvalue weighted by atomic mass is 19.4. The Balaban J connectivity index is 1.35. The molecule has 4 aromatic rings. The van der Waals surface area contributed by atoms with Gasteiger partial charge in [-0.3, -0.25) is 14.6 Å². The van der Waals surface area contributed by atoms with Crippen molar-refractivity contribution in [1.29, 1.82) is 0 Å². The third-order valence-corrected chi connectivity index (χ3v) is 6.86. The molecule has 0 unspecified atom stereocenters. The molecule has 1 aliphatic rings. The summed E-state index contributed by atoms with van der Waals surface area (Å²) in [5.74, 6) is 0.0925. The maximum atomic E-state index is 13.5. The molecule has 0 saturated heterocycles. The molecule has 3 aromatic carbocycles. The molecule has 12 heteroatoms. The van der Waals surface area contributed by atoms with Crippen LogP contribution in [0.1, 0.15) is 32.6 Å². The minimum absolute atomic E-state index is 0.136. The fraction of sp³-hybridized carbons (Fsp3) is 0.200. The molecule has 0 bridgehead atoms. The Morgan fingerprint density at radius 1 is 1.05 bits per heavy atom. The lowest BCUT2D eigenvalue weighted by molar-refractivity contribution is -0.137. The zero-order chi connectivity index (χ0) is 30.0. The lowest BCUT2D eigenvalue weighted by atomic mass is 10.1. The van der Waals surface area contributed by atoms with Crippen molar-refractivity contribution in [2.75, 3.05) is 34.0 Å². The molecule has 0 saturated carbocycles. The van der Waals surface area contributed by atoms with E-state index in [-0.39, 0.29) is 18.1 Å². The Bertz CT molecular complexity index is 1640. The number of alkyl halides is 3. The average Bonchev–Trinajstić information content (AvgIpc) is 2.97. The number of fused-ring (bicyclic) bond motifs is 1. The van der Waals surface area contributed by atoms with Gasteiger partial charge < -0.3 is 16.4 Å². The predicted molar refractivity (Wildman–Crippen MR) is 155 cm³/mol. The number of amides is 3. The molecule has 216 valence electrons. The Morgan fingerprint density at radius 3 is 2.50 bits per heavy atom. The first-order valence-corrected chi connectivity index (χ1v) is 13.1. The van der Waals surface area contributed by atoms with E-state index in [4.69, 9.17) is 5.73 Å². The fourth-order valence-corrected chi connectivity index (χ4v) is 4.63. The number of nitrogens with one attached hydrogen (secondary N) is 2. The highest BCUT2D eigenvalue weighted by molar-refractivity contribution is 6.07. The molecule has 4 N–H and O–H groups in total. The molecule has 0 spiro atoms. The highest BCUT2D eigenvalue weighted by Crippen LogP contribution is 2.34. The van der Waals surface area contributed by atoms with Crippen molar-refractivity contribution in [2.24, 2.45) is 5.73 Å². The number of urea groups is 1. The molecule has 0 atom stereocenters. The zero-order valence-electron chi connectivity index (χ0n) is 22.9. The number of nitrogens with two attached hydrogens (primary N) is 1. The van der Waals surface area contributed by atoms with E-state index >= 15 is 0 Å². The predicted octanol–water partition coefficient (Wildman–Crippen LogP) is 5.88. The van der Waals surface area contributed by atoms with Gasteiger partial charge in [-0.05, 0) is 73.5 Å². The second-order valence-corrected chi connectivity index (χ2v) is 9.86. The summed E-state index contributed by atoms with van der Waals surface area (Å²) >= 11 is 0. The second-order valence-electron chi connectivity index (χ2n) is 9.86. The van der Waals surface area contributed by atoms with Crippen LogP contribution >= 0.6 is 0 Å². The van der Waals surface area contributed by atoms with E-state index in [0.717, 1.165) is 35.4 Å². The Morgan fingerprint density at radius 2 is 1.79 bits per heavy atom. The van der Waals surface area contributed by atoms with Gasteiger partial charge in [0.2, 0.25) is 5.95 Å². The van der Waals surface area contributed by atoms with Gasteiger partial charge in [-0.1, -0.05) is 24.3 Å². The molecule has 1 aliphatic heterocycles. The Labute approximate surface area is 240 Å². The Kier molecular flexibility index (Phi) is 7.81. The number of carbonyl (C=O) groups is 2. The molecular formula is C30H28F3N7O2. The van der Waals surface area contributed by atoms with E-state index in [1.165, 1.54) is 21.9 Å². The largest absolute Gasteiger partial charge is 0.416 e. The van der Waals surface area contributed by atoms with Gasteiger partial charge in [0, 0.05) is 35.7 Å². The first kappa shape index (κ1) is 28.6. The summed E-state index contributed by atoms with van der Waals surface area (Å²) in [5, 5.41) is 5.79. The van der Waals surface area contributed by atoms with Crippen molar-refractivity contribution < 1.29 is 22.8 Å². The van der Waals surface area contributed by atoms with Gasteiger partial charge in [0.1, 0.15) is 5.82 Å². The fourth-order valence-electron chi connectivity index (χ4n) is 4.63. The summed E-state index contributed by atoms with van der Waals surface area (Å²) in [4.78, 5) is 38.2. The summed E-state index contributed by atoms with van der Waals surface area (Å²) in [6, 6.07) is 16.6. The number of nitrogens with zero attached hydrogens (tertiary/aromatic N) is 4. The third kappa shape index (κ3) is 6.03. The van der Waals surface area contributed by atoms with Crippen molar-refractivity contribution in [3.8, 4) is 0 Å². The molecule has 42 heavy (non-hydrogen) atoms. The van der Waals surface area contributed by atoms with Crippen LogP contribution in [0.4, 0.5) is 46.8 Å². The van der Waals surface area contributed by atoms with Crippen LogP contribution in [0.15, 0.2) is 72.9 Å². The molecule has 5 rings (SSSR count). The standard InChI is InChI=1S/C30H28F3N7O2/c1-18-6-9-24(36-27(41)20-4-3-5-22(14-20)30(31,32)33)15-25(18)40-17-21-16-35-28(38-26(21)39(2)29(40)42)37-23-10-7-19(8-11-23)12-13-34/h3-11,14-16H,12-13,17,34H2,1-2H3,(H,36,41)(H,35,37,38). The Hall–Kier alpha value is -4.97. The van der Waals surface area contributed by atoms with Crippen LogP contribution in [-0.4, -0.2) is 35.5 Å². The van der Waals surface area contributed by atoms with Crippen molar-refractivity contribution in [2.45, 2.75) is 26.1 Å². The van der Waals surface area contributed by atoms with Crippen LogP contribution in [0.25, 0.3) is 0 Å². The van der Waals surface area contributed by atoms with Gasteiger partial charge >= 0.3 is 12.2 Å². The topological polar surface area (TPSA) is 116 Å². The number of aryl methyl sites for hydroxylation is 1. The number of halogens is 3. The monoisotopic (exact) mass is 575 g/mol. The zero-order valence-corrected chi connectivity index (χ0v) is 22.9. The van der Waals surface area contributed by atoms with Crippen molar-refractivity contribution in [3.05, 3.63) is 101 Å². The maximum Gasteiger partial charge on any atom is 0.416 e. The van der Waals surface area contributed by atoms with Gasteiger partial charge in [0.25, 0.3) is 5.91 Å². The SMILES string of the molecule is Cc1ccc(NC(=O)c2cccc(C(F)(F)F)c2)cc1N1Cc2cnc(Nc3ccc(CCN)cc3)nc2N(C)C1=O. The maximum absolute atomic E-state index is 13.5. The first-order chi connectivity index (χ1) is 20.0. The van der Waals surface area contributed by atoms with E-state index in [9.17, 15) is 22.8 Å². The minimum Gasteiger partial charge on any atom is -0.330 e. The van der Waals surface area contributed by atoms with Crippen LogP contribution in [0.5, 0.6) is 0 Å². The summed E-state index contributed by atoms with van der Waals surface area (Å²) in [5.41, 5.74) is 8.79. The number of benzene rings is 3. The average molecular weight is 576 g/mol. The van der Waals surface area contributed by atoms with Crippen LogP contribution in [0.2, 0.25) is 0 Å². The molecule has 1 aromatic heterocycles. The van der Waals surface area contributed by atoms with Crippen LogP contribution in [-0.2, 0) is 19.1 Å². The number of hydrogen-bond acceptors (Lipinski definition) is 6. The van der Waals surface area contributed by atoms with E-state index in [1.54, 1.807) is 31.4 Å². The van der Waals surface area contributed by atoms with Gasteiger partial charge in [0.15, 0.2) is 0 Å². The van der Waals surface area contributed by atoms with Crippen LogP contribution < -0.4 is 26.2 Å². The van der Waals surface area contributed by atoms with Crippen molar-refractivity contribution in [1.82, 2.24) is 9.97 Å². The van der Waals surface area contributed by atoms with Crippen LogP contribution in [0, 0.1) is 6.92 Å². The van der Waals surface area contributed by atoms with E-state index in [0.29, 0.717) is 35.2 Å². The molecule has 2 heterocycles. The number of carbonyl (C=O) groups excluding carboxylic acids is 2. The van der Waals surface area contributed by atoms with Gasteiger partial charge in [0.05, 0.1) is 17.8 Å². The number of aromatic nitrogens is 2. The summed E-state index contributed by atoms with van der Waals surface area (Å²) in [6.45, 7) is 2.56. The minimum atomic E-state index is -4.57. The summed E-state index contributed by atoms with van der Waals surface area (Å²) in [6.07, 6.45) is -2.14.